The first-order valence-electron chi connectivity index (χ1n) is 10.3. The minimum Gasteiger partial charge on any atom is -0.131 e. The second kappa shape index (κ2) is 18.4. The zero-order valence-electron chi connectivity index (χ0n) is 17.6. The molecule has 0 heterocycles. The maximum absolute atomic E-state index is 9.39. The quantitative estimate of drug-likeness (QED) is 0.270. The fourth-order valence-corrected chi connectivity index (χ4v) is 4.05. The molecule has 156 valence electrons. The molecule has 26 heavy (non-hydrogen) atoms. The smallest absolute Gasteiger partial charge is 0.131 e. The molecule has 0 bridgehead atoms. The van der Waals surface area contributed by atoms with Crippen molar-refractivity contribution in [3.63, 3.8) is 0 Å². The van der Waals surface area contributed by atoms with Crippen molar-refractivity contribution in [2.24, 2.45) is 11.3 Å². The molecule has 0 saturated carbocycles. The lowest BCUT2D eigenvalue weighted by Crippen LogP contribution is -2.29. The third-order valence-corrected chi connectivity index (χ3v) is 6.38. The third-order valence-electron chi connectivity index (χ3n) is 5.26. The van der Waals surface area contributed by atoms with Gasteiger partial charge in [-0.3, -0.25) is 0 Å². The van der Waals surface area contributed by atoms with E-state index >= 15 is 0 Å². The van der Waals surface area contributed by atoms with Crippen LogP contribution < -0.4 is 0 Å². The summed E-state index contributed by atoms with van der Waals surface area (Å²) in [6, 6.07) is 0. The Morgan fingerprint density at radius 2 is 1.12 bits per heavy atom. The highest BCUT2D eigenvalue weighted by atomic mass is 31.2. The van der Waals surface area contributed by atoms with Gasteiger partial charge in [0, 0.05) is 9.13 Å². The Bertz CT molecular complexity index is 330. The second-order valence-corrected chi connectivity index (χ2v) is 8.88. The zero-order valence-corrected chi connectivity index (χ0v) is 19.4. The van der Waals surface area contributed by atoms with Gasteiger partial charge >= 0.3 is 16.5 Å². The van der Waals surface area contributed by atoms with Crippen molar-refractivity contribution in [3.05, 3.63) is 0 Å². The molecule has 0 aliphatic rings. The van der Waals surface area contributed by atoms with Crippen LogP contribution in [0.1, 0.15) is 112 Å². The van der Waals surface area contributed by atoms with Gasteiger partial charge in [0.15, 0.2) is 4.31 Å². The molecule has 0 aliphatic carbocycles. The summed E-state index contributed by atoms with van der Waals surface area (Å²) in [6.07, 6.45) is 17.1. The highest BCUT2D eigenvalue weighted by Crippen LogP contribution is 2.45. The molecular formula is C19H42O5P2+2. The standard InChI is InChI=1S/C19H40.O5P2/c1-6-10-14-18(5)19(15-11-7-2,16-12-8-3)17-13-9-4;1-6(2)5-7(3)4/h18H,6-17H2,1-5H3;/p+2. The van der Waals surface area contributed by atoms with Crippen LogP contribution in [0.3, 0.4) is 0 Å². The summed E-state index contributed by atoms with van der Waals surface area (Å²) in [4.78, 5) is 15.3. The summed E-state index contributed by atoms with van der Waals surface area (Å²) >= 11 is 0. The Morgan fingerprint density at radius 1 is 0.769 bits per heavy atom. The number of hydrogen-bond donors (Lipinski definition) is 2. The molecule has 0 fully saturated rings. The third kappa shape index (κ3) is 15.2. The zero-order chi connectivity index (χ0) is 20.4. The minimum atomic E-state index is -2.92. The first-order valence-corrected chi connectivity index (χ1v) is 12.6. The molecule has 0 rings (SSSR count). The number of hydrogen-bond acceptors (Lipinski definition) is 3. The average molecular weight is 412 g/mol. The van der Waals surface area contributed by atoms with Crippen molar-refractivity contribution < 1.29 is 23.2 Å². The van der Waals surface area contributed by atoms with E-state index in [1.807, 2.05) is 0 Å². The fourth-order valence-electron chi connectivity index (χ4n) is 3.58. The summed E-state index contributed by atoms with van der Waals surface area (Å²) in [5.74, 6) is 0.928. The summed E-state index contributed by atoms with van der Waals surface area (Å²) in [7, 11) is -5.85. The predicted octanol–water partition coefficient (Wildman–Crippen LogP) is 7.67. The molecule has 0 aromatic heterocycles. The lowest BCUT2D eigenvalue weighted by atomic mass is 9.65. The van der Waals surface area contributed by atoms with Gasteiger partial charge in [-0.15, -0.1) is 9.79 Å². The molecule has 2 N–H and O–H groups in total. The molecule has 0 aromatic rings. The van der Waals surface area contributed by atoms with Gasteiger partial charge in [-0.2, -0.15) is 0 Å². The summed E-state index contributed by atoms with van der Waals surface area (Å²) in [6.45, 7) is 11.9. The van der Waals surface area contributed by atoms with E-state index in [0.717, 1.165) is 5.92 Å². The van der Waals surface area contributed by atoms with Crippen LogP contribution in [0.4, 0.5) is 0 Å². The normalized spacial score (nSPS) is 13.7. The molecule has 3 atom stereocenters. The maximum atomic E-state index is 9.39. The Morgan fingerprint density at radius 3 is 1.35 bits per heavy atom. The first-order chi connectivity index (χ1) is 12.3. The van der Waals surface area contributed by atoms with Crippen molar-refractivity contribution in [1.82, 2.24) is 0 Å². The van der Waals surface area contributed by atoms with Gasteiger partial charge < -0.3 is 0 Å². The Labute approximate surface area is 163 Å². The second-order valence-electron chi connectivity index (χ2n) is 7.27. The fraction of sp³-hybridized carbons (Fsp3) is 1.00. The van der Waals surface area contributed by atoms with Gasteiger partial charge in [0.05, 0.1) is 0 Å². The molecule has 0 aliphatic heterocycles. The largest absolute Gasteiger partial charge is 0.745 e. The Balaban J connectivity index is 0. The highest BCUT2D eigenvalue weighted by molar-refractivity contribution is 7.46. The van der Waals surface area contributed by atoms with E-state index in [2.05, 4.69) is 38.9 Å². The summed E-state index contributed by atoms with van der Waals surface area (Å²) in [5.41, 5.74) is 0.664. The van der Waals surface area contributed by atoms with Crippen molar-refractivity contribution in [2.75, 3.05) is 0 Å². The summed E-state index contributed by atoms with van der Waals surface area (Å²) < 4.78 is 22.2. The van der Waals surface area contributed by atoms with Gasteiger partial charge in [-0.25, -0.2) is 0 Å². The van der Waals surface area contributed by atoms with E-state index in [1.165, 1.54) is 77.0 Å². The molecule has 5 nitrogen and oxygen atoms in total. The Kier molecular flexibility index (Phi) is 20.1. The van der Waals surface area contributed by atoms with Crippen LogP contribution in [0.2, 0.25) is 0 Å². The Hall–Kier alpha value is 0.0800. The predicted molar refractivity (Wildman–Crippen MR) is 110 cm³/mol. The molecule has 0 saturated heterocycles. The van der Waals surface area contributed by atoms with Crippen molar-refractivity contribution in [2.45, 2.75) is 112 Å². The van der Waals surface area contributed by atoms with E-state index in [0.29, 0.717) is 5.41 Å². The minimum absolute atomic E-state index is 0.664. The highest BCUT2D eigenvalue weighted by Gasteiger charge is 2.33. The van der Waals surface area contributed by atoms with Crippen molar-refractivity contribution in [3.8, 4) is 0 Å². The average Bonchev–Trinajstić information content (AvgIpc) is 2.58. The van der Waals surface area contributed by atoms with Crippen molar-refractivity contribution in [1.29, 1.82) is 0 Å². The van der Waals surface area contributed by atoms with E-state index in [4.69, 9.17) is 9.79 Å². The van der Waals surface area contributed by atoms with E-state index < -0.39 is 16.5 Å². The molecule has 3 unspecified atom stereocenters. The maximum Gasteiger partial charge on any atom is 0.745 e. The van der Waals surface area contributed by atoms with Crippen LogP contribution in [0.25, 0.3) is 0 Å². The van der Waals surface area contributed by atoms with Gasteiger partial charge in [-0.1, -0.05) is 92.4 Å². The van der Waals surface area contributed by atoms with Crippen LogP contribution in [0, 0.1) is 11.3 Å². The van der Waals surface area contributed by atoms with Crippen LogP contribution in [-0.4, -0.2) is 9.79 Å². The molecular weight excluding hydrogens is 370 g/mol. The van der Waals surface area contributed by atoms with Crippen molar-refractivity contribution >= 4 is 16.5 Å². The summed E-state index contributed by atoms with van der Waals surface area (Å²) in [5, 5.41) is 0. The molecule has 0 radical (unpaired) electrons. The van der Waals surface area contributed by atoms with Gasteiger partial charge in [0.2, 0.25) is 0 Å². The van der Waals surface area contributed by atoms with Crippen LogP contribution in [0.15, 0.2) is 0 Å². The molecule has 7 heteroatoms. The molecule has 0 aromatic carbocycles. The van der Waals surface area contributed by atoms with Gasteiger partial charge in [-0.05, 0) is 30.6 Å². The number of unbranched alkanes of at least 4 members (excludes halogenated alkanes) is 4. The van der Waals surface area contributed by atoms with Crippen LogP contribution >= 0.6 is 16.5 Å². The SMILES string of the molecule is CCCCC(C)C(CCCC)(CCCC)CCCC.O=[P+](O)O[P+](=O)O. The van der Waals surface area contributed by atoms with E-state index in [-0.39, 0.29) is 0 Å². The monoisotopic (exact) mass is 412 g/mol. The van der Waals surface area contributed by atoms with Crippen LogP contribution in [-0.2, 0) is 13.4 Å². The van der Waals surface area contributed by atoms with Gasteiger partial charge in [0.1, 0.15) is 0 Å². The lowest BCUT2D eigenvalue weighted by Gasteiger charge is -2.40. The van der Waals surface area contributed by atoms with Gasteiger partial charge in [0.25, 0.3) is 0 Å². The topological polar surface area (TPSA) is 83.8 Å². The van der Waals surface area contributed by atoms with E-state index in [9.17, 15) is 9.13 Å². The van der Waals surface area contributed by atoms with E-state index in [1.54, 1.807) is 0 Å². The first kappa shape index (κ1) is 28.3. The van der Waals surface area contributed by atoms with Crippen LogP contribution in [0.5, 0.6) is 0 Å². The molecule has 0 amide bonds. The molecule has 0 spiro atoms. The lowest BCUT2D eigenvalue weighted by molar-refractivity contribution is 0.105. The number of rotatable bonds is 15.